The van der Waals surface area contributed by atoms with E-state index in [0.717, 1.165) is 42.2 Å². The van der Waals surface area contributed by atoms with E-state index in [9.17, 15) is 9.59 Å². The highest BCUT2D eigenvalue weighted by atomic mass is 32.2. The number of piperidine rings is 1. The predicted octanol–water partition coefficient (Wildman–Crippen LogP) is 1.49. The molecule has 2 aromatic heterocycles. The molecule has 27 heavy (non-hydrogen) atoms. The van der Waals surface area contributed by atoms with E-state index in [1.54, 1.807) is 17.3 Å². The van der Waals surface area contributed by atoms with Crippen LogP contribution in [0.5, 0.6) is 0 Å². The number of likely N-dealkylation sites (tertiary alicyclic amines) is 1. The molecule has 1 saturated carbocycles. The number of pyridine rings is 1. The molecule has 0 radical (unpaired) electrons. The fourth-order valence-electron chi connectivity index (χ4n) is 3.38. The van der Waals surface area contributed by atoms with Crippen molar-refractivity contribution in [3.05, 3.63) is 24.5 Å². The molecule has 2 amide bonds. The van der Waals surface area contributed by atoms with Crippen molar-refractivity contribution in [2.24, 2.45) is 11.7 Å². The van der Waals surface area contributed by atoms with Crippen LogP contribution >= 0.6 is 11.8 Å². The second-order valence-electron chi connectivity index (χ2n) is 7.02. The van der Waals surface area contributed by atoms with E-state index in [2.05, 4.69) is 19.7 Å². The third-order valence-corrected chi connectivity index (χ3v) is 5.93. The summed E-state index contributed by atoms with van der Waals surface area (Å²) < 4.78 is 2.12. The molecule has 2 aromatic rings. The summed E-state index contributed by atoms with van der Waals surface area (Å²) >= 11 is 1.40. The lowest BCUT2D eigenvalue weighted by Crippen LogP contribution is -2.44. The molecule has 1 atom stereocenters. The number of nitrogens with two attached hydrogens (primary N) is 1. The van der Waals surface area contributed by atoms with E-state index >= 15 is 0 Å². The SMILES string of the molecule is NC(=O)[C@H]1CCCN(C(=O)CSc2nnc(-c3cccnc3)n2C2CC2)C1. The maximum absolute atomic E-state index is 12.6. The van der Waals surface area contributed by atoms with Gasteiger partial charge in [-0.1, -0.05) is 11.8 Å². The molecule has 1 saturated heterocycles. The Bertz CT molecular complexity index is 836. The standard InChI is InChI=1S/C18H22N6O2S/c19-16(26)13-4-2-8-23(10-13)15(25)11-27-18-22-21-17(24(18)14-5-6-14)12-3-1-7-20-9-12/h1,3,7,9,13-14H,2,4-6,8,10-11H2,(H2,19,26)/t13-/m0/s1. The Morgan fingerprint density at radius 2 is 2.11 bits per heavy atom. The number of hydrogen-bond acceptors (Lipinski definition) is 6. The molecule has 0 aromatic carbocycles. The summed E-state index contributed by atoms with van der Waals surface area (Å²) in [5, 5.41) is 9.41. The summed E-state index contributed by atoms with van der Waals surface area (Å²) in [6.45, 7) is 1.10. The normalized spacial score (nSPS) is 19.9. The molecule has 0 spiro atoms. The van der Waals surface area contributed by atoms with Crippen molar-refractivity contribution >= 4 is 23.6 Å². The van der Waals surface area contributed by atoms with Crippen molar-refractivity contribution in [3.63, 3.8) is 0 Å². The van der Waals surface area contributed by atoms with Crippen LogP contribution in [0.4, 0.5) is 0 Å². The summed E-state index contributed by atoms with van der Waals surface area (Å²) in [4.78, 5) is 29.9. The highest BCUT2D eigenvalue weighted by molar-refractivity contribution is 7.99. The monoisotopic (exact) mass is 386 g/mol. The Hall–Kier alpha value is -2.42. The van der Waals surface area contributed by atoms with Gasteiger partial charge in [0.25, 0.3) is 0 Å². The van der Waals surface area contributed by atoms with Gasteiger partial charge in [0.1, 0.15) is 0 Å². The van der Waals surface area contributed by atoms with Gasteiger partial charge >= 0.3 is 0 Å². The van der Waals surface area contributed by atoms with E-state index in [1.807, 2.05) is 12.1 Å². The zero-order valence-electron chi connectivity index (χ0n) is 15.0. The quantitative estimate of drug-likeness (QED) is 0.754. The van der Waals surface area contributed by atoms with Gasteiger partial charge in [0.2, 0.25) is 11.8 Å². The van der Waals surface area contributed by atoms with Crippen LogP contribution in [0, 0.1) is 5.92 Å². The van der Waals surface area contributed by atoms with Gasteiger partial charge in [-0.15, -0.1) is 10.2 Å². The van der Waals surface area contributed by atoms with Gasteiger partial charge in [-0.05, 0) is 37.8 Å². The van der Waals surface area contributed by atoms with Crippen molar-refractivity contribution in [2.75, 3.05) is 18.8 Å². The van der Waals surface area contributed by atoms with Gasteiger partial charge in [0.15, 0.2) is 11.0 Å². The molecule has 0 unspecified atom stereocenters. The van der Waals surface area contributed by atoms with Crippen molar-refractivity contribution in [3.8, 4) is 11.4 Å². The first kappa shape index (κ1) is 18.0. The predicted molar refractivity (Wildman–Crippen MR) is 101 cm³/mol. The highest BCUT2D eigenvalue weighted by Crippen LogP contribution is 2.41. The second kappa shape index (κ2) is 7.67. The summed E-state index contributed by atoms with van der Waals surface area (Å²) in [6.07, 6.45) is 7.27. The topological polar surface area (TPSA) is 107 Å². The number of carbonyl (C=O) groups excluding carboxylic acids is 2. The van der Waals surface area contributed by atoms with Gasteiger partial charge in [0.05, 0.1) is 11.7 Å². The molecule has 142 valence electrons. The maximum atomic E-state index is 12.6. The third kappa shape index (κ3) is 3.97. The number of aromatic nitrogens is 4. The zero-order valence-corrected chi connectivity index (χ0v) is 15.8. The number of thioether (sulfide) groups is 1. The summed E-state index contributed by atoms with van der Waals surface area (Å²) in [5.41, 5.74) is 6.33. The fourth-order valence-corrected chi connectivity index (χ4v) is 4.29. The first-order valence-electron chi connectivity index (χ1n) is 9.18. The van der Waals surface area contributed by atoms with Crippen LogP contribution in [0.2, 0.25) is 0 Å². The Balaban J connectivity index is 1.45. The number of carbonyl (C=O) groups is 2. The zero-order chi connectivity index (χ0) is 18.8. The summed E-state index contributed by atoms with van der Waals surface area (Å²) in [5.74, 6) is 0.532. The minimum Gasteiger partial charge on any atom is -0.369 e. The number of amides is 2. The van der Waals surface area contributed by atoms with E-state index in [1.165, 1.54) is 11.8 Å². The highest BCUT2D eigenvalue weighted by Gasteiger charge is 2.31. The van der Waals surface area contributed by atoms with Crippen molar-refractivity contribution in [1.82, 2.24) is 24.6 Å². The van der Waals surface area contributed by atoms with Crippen LogP contribution in [-0.2, 0) is 9.59 Å². The second-order valence-corrected chi connectivity index (χ2v) is 7.96. The van der Waals surface area contributed by atoms with E-state index in [0.29, 0.717) is 19.1 Å². The third-order valence-electron chi connectivity index (χ3n) is 5.00. The molecule has 8 nitrogen and oxygen atoms in total. The minimum atomic E-state index is -0.324. The molecular weight excluding hydrogens is 364 g/mol. The molecule has 9 heteroatoms. The van der Waals surface area contributed by atoms with Crippen molar-refractivity contribution in [1.29, 1.82) is 0 Å². The van der Waals surface area contributed by atoms with Crippen LogP contribution in [0.3, 0.4) is 0 Å². The first-order valence-corrected chi connectivity index (χ1v) is 10.2. The Labute approximate surface area is 161 Å². The molecule has 3 heterocycles. The van der Waals surface area contributed by atoms with Crippen LogP contribution < -0.4 is 5.73 Å². The molecule has 4 rings (SSSR count). The van der Waals surface area contributed by atoms with Crippen LogP contribution in [0.15, 0.2) is 29.7 Å². The Morgan fingerprint density at radius 3 is 2.81 bits per heavy atom. The van der Waals surface area contributed by atoms with Gasteiger partial charge in [0, 0.05) is 37.1 Å². The van der Waals surface area contributed by atoms with Gasteiger partial charge in [-0.2, -0.15) is 0 Å². The Kier molecular flexibility index (Phi) is 5.11. The van der Waals surface area contributed by atoms with Crippen molar-refractivity contribution < 1.29 is 9.59 Å². The number of hydrogen-bond donors (Lipinski definition) is 1. The maximum Gasteiger partial charge on any atom is 0.233 e. The lowest BCUT2D eigenvalue weighted by atomic mass is 9.97. The average molecular weight is 386 g/mol. The number of nitrogens with zero attached hydrogens (tertiary/aromatic N) is 5. The fraction of sp³-hybridized carbons (Fsp3) is 0.500. The number of primary amides is 1. The van der Waals surface area contributed by atoms with Gasteiger partial charge < -0.3 is 10.6 Å². The lowest BCUT2D eigenvalue weighted by molar-refractivity contribution is -0.132. The minimum absolute atomic E-state index is 0.0132. The number of rotatable bonds is 6. The van der Waals surface area contributed by atoms with Crippen LogP contribution in [0.25, 0.3) is 11.4 Å². The summed E-state index contributed by atoms with van der Waals surface area (Å²) in [6, 6.07) is 4.23. The molecule has 2 fully saturated rings. The smallest absolute Gasteiger partial charge is 0.233 e. The van der Waals surface area contributed by atoms with Gasteiger partial charge in [-0.25, -0.2) is 0 Å². The largest absolute Gasteiger partial charge is 0.369 e. The Morgan fingerprint density at radius 1 is 1.26 bits per heavy atom. The van der Waals surface area contributed by atoms with Crippen LogP contribution in [0.1, 0.15) is 31.7 Å². The van der Waals surface area contributed by atoms with E-state index < -0.39 is 0 Å². The van der Waals surface area contributed by atoms with Gasteiger partial charge in [-0.3, -0.25) is 19.1 Å². The molecule has 1 aliphatic carbocycles. The van der Waals surface area contributed by atoms with E-state index in [4.69, 9.17) is 5.73 Å². The molecule has 2 N–H and O–H groups in total. The van der Waals surface area contributed by atoms with Crippen LogP contribution in [-0.4, -0.2) is 55.3 Å². The molecule has 2 aliphatic rings. The molecular formula is C18H22N6O2S. The lowest BCUT2D eigenvalue weighted by Gasteiger charge is -2.31. The molecule has 1 aliphatic heterocycles. The van der Waals surface area contributed by atoms with Crippen molar-refractivity contribution in [2.45, 2.75) is 36.9 Å². The first-order chi connectivity index (χ1) is 13.1. The van der Waals surface area contributed by atoms with E-state index in [-0.39, 0.29) is 23.5 Å². The summed E-state index contributed by atoms with van der Waals surface area (Å²) in [7, 11) is 0. The average Bonchev–Trinajstić information content (AvgIpc) is 3.45. The molecule has 0 bridgehead atoms.